The van der Waals surface area contributed by atoms with Gasteiger partial charge in [-0.25, -0.2) is 0 Å². The van der Waals surface area contributed by atoms with Crippen molar-refractivity contribution in [2.45, 2.75) is 24.3 Å². The van der Waals surface area contributed by atoms with E-state index in [-0.39, 0.29) is 6.61 Å². The molecule has 0 spiro atoms. The Morgan fingerprint density at radius 3 is 2.82 bits per heavy atom. The molecule has 0 aromatic rings. The molecule has 1 saturated carbocycles. The molecule has 98 valence electrons. The molecule has 1 fully saturated rings. The lowest BCUT2D eigenvalue weighted by atomic mass is 10.3. The summed E-state index contributed by atoms with van der Waals surface area (Å²) in [6.45, 7) is 0.0760. The minimum atomic E-state index is -4.24. The lowest BCUT2D eigenvalue weighted by molar-refractivity contribution is -0.173. The van der Waals surface area contributed by atoms with Gasteiger partial charge in [0, 0.05) is 11.8 Å². The van der Waals surface area contributed by atoms with E-state index in [0.29, 0.717) is 11.8 Å². The molecule has 2 aliphatic rings. The monoisotopic (exact) mass is 268 g/mol. The Balaban J connectivity index is 1.51. The van der Waals surface area contributed by atoms with E-state index >= 15 is 0 Å². The zero-order valence-electron chi connectivity index (χ0n) is 9.29. The number of thioether (sulfide) groups is 1. The minimum absolute atomic E-state index is 0.0488. The standard InChI is InChI=1S/C10H15F3N2OS/c11-10(12,13)6-16-4-3-14-9-15-5-8(17-9)7-1-2-7/h7-8H,1-6H2,(H,14,15). The highest BCUT2D eigenvalue weighted by Crippen LogP contribution is 2.41. The lowest BCUT2D eigenvalue weighted by Gasteiger charge is -2.09. The highest BCUT2D eigenvalue weighted by Gasteiger charge is 2.35. The predicted molar refractivity (Wildman–Crippen MR) is 61.3 cm³/mol. The van der Waals surface area contributed by atoms with Crippen LogP contribution in [0.15, 0.2) is 4.99 Å². The number of hydrogen-bond acceptors (Lipinski definition) is 4. The molecule has 0 aromatic carbocycles. The average Bonchev–Trinajstić information content (AvgIpc) is 2.97. The number of nitrogens with zero attached hydrogens (tertiary/aromatic N) is 1. The summed E-state index contributed by atoms with van der Waals surface area (Å²) in [5.41, 5.74) is 0. The first-order chi connectivity index (χ1) is 8.04. The van der Waals surface area contributed by atoms with E-state index in [2.05, 4.69) is 15.0 Å². The van der Waals surface area contributed by atoms with E-state index in [9.17, 15) is 13.2 Å². The number of ether oxygens (including phenoxy) is 1. The highest BCUT2D eigenvalue weighted by molar-refractivity contribution is 8.14. The summed E-state index contributed by atoms with van der Waals surface area (Å²) in [5, 5.41) is 4.42. The summed E-state index contributed by atoms with van der Waals surface area (Å²) < 4.78 is 39.8. The van der Waals surface area contributed by atoms with Crippen LogP contribution in [-0.2, 0) is 4.74 Å². The Morgan fingerprint density at radius 1 is 1.41 bits per heavy atom. The maximum absolute atomic E-state index is 11.8. The zero-order chi connectivity index (χ0) is 12.3. The third-order valence-corrected chi connectivity index (χ3v) is 3.95. The van der Waals surface area contributed by atoms with Crippen LogP contribution in [0.3, 0.4) is 0 Å². The number of halogens is 3. The lowest BCUT2D eigenvalue weighted by Crippen LogP contribution is -2.26. The Bertz CT molecular complexity index is 292. The van der Waals surface area contributed by atoms with Gasteiger partial charge in [-0.1, -0.05) is 11.8 Å². The Hall–Kier alpha value is -0.430. The number of alkyl halides is 3. The van der Waals surface area contributed by atoms with Crippen LogP contribution in [0.25, 0.3) is 0 Å². The van der Waals surface area contributed by atoms with E-state index < -0.39 is 12.8 Å². The van der Waals surface area contributed by atoms with Gasteiger partial charge < -0.3 is 10.1 Å². The van der Waals surface area contributed by atoms with E-state index in [0.717, 1.165) is 17.6 Å². The van der Waals surface area contributed by atoms with Gasteiger partial charge in [-0.2, -0.15) is 13.2 Å². The number of rotatable bonds is 5. The second-order valence-corrected chi connectivity index (χ2v) is 5.46. The molecule has 1 atom stereocenters. The summed E-state index contributed by atoms with van der Waals surface area (Å²) in [5.74, 6) is 0.796. The summed E-state index contributed by atoms with van der Waals surface area (Å²) >= 11 is 1.71. The van der Waals surface area contributed by atoms with Gasteiger partial charge in [0.1, 0.15) is 6.61 Å². The number of aliphatic imine (C=N–C) groups is 1. The van der Waals surface area contributed by atoms with Gasteiger partial charge in [0.25, 0.3) is 0 Å². The van der Waals surface area contributed by atoms with Gasteiger partial charge in [0.15, 0.2) is 5.17 Å². The van der Waals surface area contributed by atoms with Crippen molar-refractivity contribution >= 4 is 16.9 Å². The molecule has 0 bridgehead atoms. The van der Waals surface area contributed by atoms with Gasteiger partial charge in [0.05, 0.1) is 13.2 Å². The van der Waals surface area contributed by atoms with Crippen molar-refractivity contribution in [3.05, 3.63) is 0 Å². The molecule has 0 amide bonds. The van der Waals surface area contributed by atoms with E-state index in [1.54, 1.807) is 11.8 Å². The molecule has 1 aliphatic carbocycles. The molecule has 0 aromatic heterocycles. The molecule has 7 heteroatoms. The van der Waals surface area contributed by atoms with E-state index in [4.69, 9.17) is 0 Å². The summed E-state index contributed by atoms with van der Waals surface area (Å²) in [6, 6.07) is 0. The topological polar surface area (TPSA) is 33.6 Å². The number of nitrogens with one attached hydrogen (secondary N) is 1. The van der Waals surface area contributed by atoms with Crippen molar-refractivity contribution in [2.75, 3.05) is 26.3 Å². The summed E-state index contributed by atoms with van der Waals surface area (Å²) in [7, 11) is 0. The van der Waals surface area contributed by atoms with Crippen LogP contribution in [0.4, 0.5) is 13.2 Å². The van der Waals surface area contributed by atoms with Crippen LogP contribution in [0.5, 0.6) is 0 Å². The molecule has 0 saturated heterocycles. The summed E-state index contributed by atoms with van der Waals surface area (Å²) in [6.07, 6.45) is -1.67. The Morgan fingerprint density at radius 2 is 2.18 bits per heavy atom. The number of hydrogen-bond donors (Lipinski definition) is 1. The molecule has 1 aliphatic heterocycles. The molecule has 3 nitrogen and oxygen atoms in total. The SMILES string of the molecule is FC(F)(F)COCCNC1=NCC(C2CC2)S1. The van der Waals surface area contributed by atoms with E-state index in [1.807, 2.05) is 0 Å². The van der Waals surface area contributed by atoms with E-state index in [1.165, 1.54) is 12.8 Å². The maximum Gasteiger partial charge on any atom is 0.411 e. The molecule has 0 radical (unpaired) electrons. The molecule has 17 heavy (non-hydrogen) atoms. The number of amidine groups is 1. The van der Waals surface area contributed by atoms with Crippen LogP contribution >= 0.6 is 11.8 Å². The van der Waals surface area contributed by atoms with Crippen molar-refractivity contribution in [3.8, 4) is 0 Å². The van der Waals surface area contributed by atoms with Crippen molar-refractivity contribution in [3.63, 3.8) is 0 Å². The third kappa shape index (κ3) is 4.75. The quantitative estimate of drug-likeness (QED) is 0.775. The average molecular weight is 268 g/mol. The van der Waals surface area contributed by atoms with Gasteiger partial charge in [-0.05, 0) is 18.8 Å². The van der Waals surface area contributed by atoms with Crippen LogP contribution in [0, 0.1) is 5.92 Å². The van der Waals surface area contributed by atoms with Crippen molar-refractivity contribution < 1.29 is 17.9 Å². The summed E-state index contributed by atoms with van der Waals surface area (Å²) in [4.78, 5) is 4.32. The molecule has 2 rings (SSSR count). The predicted octanol–water partition coefficient (Wildman–Crippen LogP) is 2.04. The van der Waals surface area contributed by atoms with Gasteiger partial charge in [0.2, 0.25) is 0 Å². The van der Waals surface area contributed by atoms with Crippen molar-refractivity contribution in [2.24, 2.45) is 10.9 Å². The minimum Gasteiger partial charge on any atom is -0.370 e. The van der Waals surface area contributed by atoms with Crippen LogP contribution in [-0.4, -0.2) is 42.9 Å². The Kier molecular flexibility index (Phi) is 4.19. The van der Waals surface area contributed by atoms with Gasteiger partial charge >= 0.3 is 6.18 Å². The molecule has 1 N–H and O–H groups in total. The smallest absolute Gasteiger partial charge is 0.370 e. The fraction of sp³-hybridized carbons (Fsp3) is 0.900. The zero-order valence-corrected chi connectivity index (χ0v) is 10.1. The van der Waals surface area contributed by atoms with Gasteiger partial charge in [-0.15, -0.1) is 0 Å². The first kappa shape index (κ1) is 13.0. The molecule has 1 unspecified atom stereocenters. The maximum atomic E-state index is 11.8. The second-order valence-electron chi connectivity index (χ2n) is 4.23. The van der Waals surface area contributed by atoms with Crippen LogP contribution < -0.4 is 5.32 Å². The van der Waals surface area contributed by atoms with Crippen molar-refractivity contribution in [1.82, 2.24) is 5.32 Å². The molecular formula is C10H15F3N2OS. The first-order valence-corrected chi connectivity index (χ1v) is 6.52. The van der Waals surface area contributed by atoms with Gasteiger partial charge in [-0.3, -0.25) is 4.99 Å². The highest BCUT2D eigenvalue weighted by atomic mass is 32.2. The molecular weight excluding hydrogens is 253 g/mol. The van der Waals surface area contributed by atoms with Crippen LogP contribution in [0.2, 0.25) is 0 Å². The fourth-order valence-electron chi connectivity index (χ4n) is 1.62. The fourth-order valence-corrected chi connectivity index (χ4v) is 2.85. The molecule has 1 heterocycles. The van der Waals surface area contributed by atoms with Crippen LogP contribution in [0.1, 0.15) is 12.8 Å². The third-order valence-electron chi connectivity index (χ3n) is 2.61. The largest absolute Gasteiger partial charge is 0.411 e. The van der Waals surface area contributed by atoms with Crippen molar-refractivity contribution in [1.29, 1.82) is 0 Å². The normalized spacial score (nSPS) is 24.9. The Labute approximate surface area is 102 Å². The first-order valence-electron chi connectivity index (χ1n) is 5.64. The second kappa shape index (κ2) is 5.48.